The number of hydrogen-bond donors (Lipinski definition) is 1. The predicted molar refractivity (Wildman–Crippen MR) is 71.7 cm³/mol. The van der Waals surface area contributed by atoms with E-state index in [2.05, 4.69) is 6.92 Å². The van der Waals surface area contributed by atoms with E-state index in [4.69, 9.17) is 17.3 Å². The number of benzene rings is 1. The highest BCUT2D eigenvalue weighted by atomic mass is 35.5. The molecule has 1 aromatic rings. The summed E-state index contributed by atoms with van der Waals surface area (Å²) in [6, 6.07) is 4.43. The van der Waals surface area contributed by atoms with Gasteiger partial charge in [-0.15, -0.1) is 0 Å². The molecule has 3 heteroatoms. The van der Waals surface area contributed by atoms with Gasteiger partial charge in [0.05, 0.1) is 0 Å². The summed E-state index contributed by atoms with van der Waals surface area (Å²) in [4.78, 5) is 0. The molecule has 0 aliphatic rings. The summed E-state index contributed by atoms with van der Waals surface area (Å²) in [5, 5.41) is 0.436. The lowest BCUT2D eigenvalue weighted by molar-refractivity contribution is 0.527. The Morgan fingerprint density at radius 1 is 1.24 bits per heavy atom. The average molecular weight is 258 g/mol. The molecule has 0 saturated heterocycles. The summed E-state index contributed by atoms with van der Waals surface area (Å²) in [6.07, 6.45) is 6.71. The van der Waals surface area contributed by atoms with Gasteiger partial charge in [-0.25, -0.2) is 4.39 Å². The van der Waals surface area contributed by atoms with Crippen molar-refractivity contribution >= 4 is 11.6 Å². The molecule has 0 spiro atoms. The van der Waals surface area contributed by atoms with Crippen molar-refractivity contribution in [1.29, 1.82) is 0 Å². The van der Waals surface area contributed by atoms with Gasteiger partial charge in [-0.1, -0.05) is 56.7 Å². The molecule has 0 aromatic heterocycles. The highest BCUT2D eigenvalue weighted by Gasteiger charge is 2.14. The zero-order chi connectivity index (χ0) is 12.7. The van der Waals surface area contributed by atoms with Crippen LogP contribution in [-0.4, -0.2) is 0 Å². The highest BCUT2D eigenvalue weighted by Crippen LogP contribution is 2.27. The van der Waals surface area contributed by atoms with Crippen LogP contribution in [0.15, 0.2) is 18.2 Å². The molecule has 17 heavy (non-hydrogen) atoms. The second-order valence-corrected chi connectivity index (χ2v) is 4.85. The van der Waals surface area contributed by atoms with Crippen molar-refractivity contribution in [2.24, 2.45) is 5.73 Å². The third-order valence-electron chi connectivity index (χ3n) is 2.99. The van der Waals surface area contributed by atoms with Gasteiger partial charge in [0, 0.05) is 16.6 Å². The van der Waals surface area contributed by atoms with Gasteiger partial charge >= 0.3 is 0 Å². The minimum Gasteiger partial charge on any atom is -0.324 e. The fraction of sp³-hybridized carbons (Fsp3) is 0.571. The van der Waals surface area contributed by atoms with Crippen LogP contribution in [0, 0.1) is 5.82 Å². The molecule has 1 rings (SSSR count). The minimum absolute atomic E-state index is 0.287. The fourth-order valence-corrected chi connectivity index (χ4v) is 2.28. The Hall–Kier alpha value is -0.600. The molecule has 0 fully saturated rings. The summed E-state index contributed by atoms with van der Waals surface area (Å²) in [6.45, 7) is 2.19. The van der Waals surface area contributed by atoms with E-state index in [9.17, 15) is 4.39 Å². The first-order valence-electron chi connectivity index (χ1n) is 6.36. The van der Waals surface area contributed by atoms with Crippen molar-refractivity contribution in [1.82, 2.24) is 0 Å². The molecule has 1 unspecified atom stereocenters. The third kappa shape index (κ3) is 4.64. The van der Waals surface area contributed by atoms with Crippen molar-refractivity contribution in [3.05, 3.63) is 34.6 Å². The van der Waals surface area contributed by atoms with Gasteiger partial charge in [0.25, 0.3) is 0 Å². The molecule has 0 amide bonds. The Kier molecular flexibility index (Phi) is 6.53. The summed E-state index contributed by atoms with van der Waals surface area (Å²) < 4.78 is 13.6. The second kappa shape index (κ2) is 7.67. The van der Waals surface area contributed by atoms with E-state index in [0.717, 1.165) is 19.3 Å². The Morgan fingerprint density at radius 2 is 1.94 bits per heavy atom. The van der Waals surface area contributed by atoms with Crippen molar-refractivity contribution in [2.75, 3.05) is 0 Å². The molecular formula is C14H21ClFN. The molecular weight excluding hydrogens is 237 g/mol. The molecule has 0 aliphatic carbocycles. The van der Waals surface area contributed by atoms with Crippen LogP contribution in [-0.2, 0) is 0 Å². The number of hydrogen-bond acceptors (Lipinski definition) is 1. The summed E-state index contributed by atoms with van der Waals surface area (Å²) in [7, 11) is 0. The van der Waals surface area contributed by atoms with E-state index in [-0.39, 0.29) is 11.9 Å². The van der Waals surface area contributed by atoms with Crippen LogP contribution in [0.5, 0.6) is 0 Å². The van der Waals surface area contributed by atoms with Crippen LogP contribution in [0.3, 0.4) is 0 Å². The third-order valence-corrected chi connectivity index (χ3v) is 3.32. The first kappa shape index (κ1) is 14.5. The van der Waals surface area contributed by atoms with Crippen molar-refractivity contribution in [2.45, 2.75) is 51.5 Å². The smallest absolute Gasteiger partial charge is 0.129 e. The molecule has 0 heterocycles. The topological polar surface area (TPSA) is 26.0 Å². The van der Waals surface area contributed by atoms with E-state index in [1.165, 1.54) is 25.3 Å². The highest BCUT2D eigenvalue weighted by molar-refractivity contribution is 6.31. The molecule has 0 saturated carbocycles. The minimum atomic E-state index is -0.293. The SMILES string of the molecule is CCCCCCCC(N)c1c(F)cccc1Cl. The van der Waals surface area contributed by atoms with E-state index in [1.807, 2.05) is 0 Å². The molecule has 96 valence electrons. The Balaban J connectivity index is 2.44. The van der Waals surface area contributed by atoms with Crippen molar-refractivity contribution < 1.29 is 4.39 Å². The maximum absolute atomic E-state index is 13.6. The van der Waals surface area contributed by atoms with Crippen LogP contribution in [0.25, 0.3) is 0 Å². The van der Waals surface area contributed by atoms with E-state index in [0.29, 0.717) is 10.6 Å². The Morgan fingerprint density at radius 3 is 2.59 bits per heavy atom. The molecule has 0 bridgehead atoms. The lowest BCUT2D eigenvalue weighted by Gasteiger charge is -2.14. The first-order valence-corrected chi connectivity index (χ1v) is 6.74. The van der Waals surface area contributed by atoms with E-state index < -0.39 is 0 Å². The van der Waals surface area contributed by atoms with Crippen LogP contribution in [0.2, 0.25) is 5.02 Å². The van der Waals surface area contributed by atoms with Gasteiger partial charge in [-0.05, 0) is 18.6 Å². The summed E-state index contributed by atoms with van der Waals surface area (Å²) in [5.41, 5.74) is 6.45. The van der Waals surface area contributed by atoms with Crippen LogP contribution >= 0.6 is 11.6 Å². The number of unbranched alkanes of at least 4 members (excludes halogenated alkanes) is 4. The second-order valence-electron chi connectivity index (χ2n) is 4.44. The predicted octanol–water partition coefficient (Wildman–Crippen LogP) is 4.84. The van der Waals surface area contributed by atoms with Crippen LogP contribution in [0.4, 0.5) is 4.39 Å². The van der Waals surface area contributed by atoms with Gasteiger partial charge in [0.2, 0.25) is 0 Å². The Bertz CT molecular complexity index is 321. The Labute approximate surface area is 108 Å². The van der Waals surface area contributed by atoms with Crippen molar-refractivity contribution in [3.63, 3.8) is 0 Å². The zero-order valence-corrected chi connectivity index (χ0v) is 11.1. The molecule has 1 nitrogen and oxygen atoms in total. The number of rotatable bonds is 7. The molecule has 1 aromatic carbocycles. The van der Waals surface area contributed by atoms with Crippen LogP contribution in [0.1, 0.15) is 57.1 Å². The number of nitrogens with two attached hydrogens (primary N) is 1. The summed E-state index contributed by atoms with van der Waals surface area (Å²) in [5.74, 6) is -0.293. The van der Waals surface area contributed by atoms with Crippen molar-refractivity contribution in [3.8, 4) is 0 Å². The molecule has 0 radical (unpaired) electrons. The lowest BCUT2D eigenvalue weighted by Crippen LogP contribution is -2.12. The lowest BCUT2D eigenvalue weighted by atomic mass is 10.00. The standard InChI is InChI=1S/C14H21ClFN/c1-2-3-4-5-6-10-13(17)14-11(15)8-7-9-12(14)16/h7-9,13H,2-6,10,17H2,1H3. The first-order chi connectivity index (χ1) is 8.16. The maximum atomic E-state index is 13.6. The van der Waals surface area contributed by atoms with E-state index in [1.54, 1.807) is 12.1 Å². The van der Waals surface area contributed by atoms with Gasteiger partial charge in [-0.2, -0.15) is 0 Å². The van der Waals surface area contributed by atoms with Gasteiger partial charge in [-0.3, -0.25) is 0 Å². The van der Waals surface area contributed by atoms with E-state index >= 15 is 0 Å². The molecule has 2 N–H and O–H groups in total. The van der Waals surface area contributed by atoms with Gasteiger partial charge in [0.1, 0.15) is 5.82 Å². The molecule has 1 atom stereocenters. The monoisotopic (exact) mass is 257 g/mol. The fourth-order valence-electron chi connectivity index (χ4n) is 1.98. The maximum Gasteiger partial charge on any atom is 0.129 e. The molecule has 0 aliphatic heterocycles. The van der Waals surface area contributed by atoms with Gasteiger partial charge in [0.15, 0.2) is 0 Å². The zero-order valence-electron chi connectivity index (χ0n) is 10.4. The quantitative estimate of drug-likeness (QED) is 0.695. The largest absolute Gasteiger partial charge is 0.324 e. The number of halogens is 2. The summed E-state index contributed by atoms with van der Waals surface area (Å²) >= 11 is 5.97. The van der Waals surface area contributed by atoms with Crippen LogP contribution < -0.4 is 5.73 Å². The average Bonchev–Trinajstić information content (AvgIpc) is 2.28. The normalized spacial score (nSPS) is 12.7. The van der Waals surface area contributed by atoms with Gasteiger partial charge < -0.3 is 5.73 Å².